The number of nitro benzene ring substituents is 1. The Balaban J connectivity index is 1.49. The standard InChI is InChI=1S/C26H23ClN4O4S/c1-16-13-18(14-24-25(32)30(26(33)36-24)20-7-5-19(27)6-8-20)17(2)29(16)21-9-10-22(23(15-21)31(34)35)28-11-3-4-12-28/h5-10,13-15H,3-4,11-12H2,1-2H3/b24-14-. The first-order valence-corrected chi connectivity index (χ1v) is 12.7. The fourth-order valence-electron chi connectivity index (χ4n) is 4.78. The van der Waals surface area contributed by atoms with Gasteiger partial charge in [-0.3, -0.25) is 19.7 Å². The van der Waals surface area contributed by atoms with E-state index in [1.165, 1.54) is 0 Å². The lowest BCUT2D eigenvalue weighted by Crippen LogP contribution is -2.27. The predicted molar refractivity (Wildman–Crippen MR) is 143 cm³/mol. The molecule has 5 rings (SSSR count). The largest absolute Gasteiger partial charge is 0.366 e. The van der Waals surface area contributed by atoms with Gasteiger partial charge < -0.3 is 9.47 Å². The smallest absolute Gasteiger partial charge is 0.298 e. The first kappa shape index (κ1) is 24.1. The summed E-state index contributed by atoms with van der Waals surface area (Å²) in [7, 11) is 0. The highest BCUT2D eigenvalue weighted by molar-refractivity contribution is 8.19. The molecule has 10 heteroatoms. The number of aryl methyl sites for hydroxylation is 1. The van der Waals surface area contributed by atoms with E-state index in [9.17, 15) is 19.7 Å². The number of imide groups is 1. The topological polar surface area (TPSA) is 88.7 Å². The number of carbonyl (C=O) groups is 2. The normalized spacial score (nSPS) is 17.0. The van der Waals surface area contributed by atoms with Crippen molar-refractivity contribution >= 4 is 57.6 Å². The second kappa shape index (κ2) is 9.48. The summed E-state index contributed by atoms with van der Waals surface area (Å²) in [4.78, 5) is 40.7. The number of benzene rings is 2. The molecular weight excluding hydrogens is 500 g/mol. The van der Waals surface area contributed by atoms with Crippen LogP contribution in [0, 0.1) is 24.0 Å². The predicted octanol–water partition coefficient (Wildman–Crippen LogP) is 6.50. The Labute approximate surface area is 217 Å². The van der Waals surface area contributed by atoms with Crippen molar-refractivity contribution in [2.24, 2.45) is 0 Å². The molecule has 1 aromatic heterocycles. The van der Waals surface area contributed by atoms with Crippen LogP contribution in [0.3, 0.4) is 0 Å². The maximum absolute atomic E-state index is 13.1. The first-order valence-electron chi connectivity index (χ1n) is 11.5. The van der Waals surface area contributed by atoms with Gasteiger partial charge in [0.25, 0.3) is 16.8 Å². The molecule has 2 aromatic carbocycles. The van der Waals surface area contributed by atoms with Gasteiger partial charge in [-0.05, 0) is 92.6 Å². The Hall–Kier alpha value is -3.56. The molecule has 0 N–H and O–H groups in total. The van der Waals surface area contributed by atoms with Crippen molar-refractivity contribution in [2.75, 3.05) is 22.9 Å². The molecule has 2 fully saturated rings. The first-order chi connectivity index (χ1) is 17.2. The van der Waals surface area contributed by atoms with E-state index >= 15 is 0 Å². The van der Waals surface area contributed by atoms with Crippen LogP contribution >= 0.6 is 23.4 Å². The van der Waals surface area contributed by atoms with E-state index in [0.717, 1.165) is 59.5 Å². The van der Waals surface area contributed by atoms with Crippen molar-refractivity contribution in [1.29, 1.82) is 0 Å². The fourth-order valence-corrected chi connectivity index (χ4v) is 5.73. The number of carbonyl (C=O) groups excluding carboxylic acids is 2. The molecule has 3 aromatic rings. The zero-order valence-corrected chi connectivity index (χ0v) is 21.3. The number of amides is 2. The molecule has 184 valence electrons. The van der Waals surface area contributed by atoms with E-state index in [1.807, 2.05) is 36.6 Å². The number of rotatable bonds is 5. The Kier molecular flexibility index (Phi) is 6.36. The maximum atomic E-state index is 13.1. The van der Waals surface area contributed by atoms with Crippen LogP contribution in [0.4, 0.5) is 21.9 Å². The average molecular weight is 523 g/mol. The quantitative estimate of drug-likeness (QED) is 0.216. The van der Waals surface area contributed by atoms with Crippen LogP contribution in [0.5, 0.6) is 0 Å². The molecule has 2 saturated heterocycles. The van der Waals surface area contributed by atoms with Gasteiger partial charge >= 0.3 is 0 Å². The summed E-state index contributed by atoms with van der Waals surface area (Å²) in [6, 6.07) is 13.7. The third kappa shape index (κ3) is 4.29. The number of aromatic nitrogens is 1. The SMILES string of the molecule is Cc1cc(/C=C2\SC(=O)N(c3ccc(Cl)cc3)C2=O)c(C)n1-c1ccc(N2CCCC2)c([N+](=O)[O-])c1. The minimum atomic E-state index is -0.400. The molecule has 8 nitrogen and oxygen atoms in total. The third-order valence-electron chi connectivity index (χ3n) is 6.50. The minimum Gasteiger partial charge on any atom is -0.366 e. The maximum Gasteiger partial charge on any atom is 0.298 e. The van der Waals surface area contributed by atoms with Crippen LogP contribution < -0.4 is 9.80 Å². The van der Waals surface area contributed by atoms with Crippen LogP contribution in [-0.2, 0) is 4.79 Å². The zero-order chi connectivity index (χ0) is 25.6. The summed E-state index contributed by atoms with van der Waals surface area (Å²) >= 11 is 6.81. The molecule has 3 heterocycles. The number of thioether (sulfide) groups is 1. The van der Waals surface area contributed by atoms with Crippen molar-refractivity contribution in [2.45, 2.75) is 26.7 Å². The van der Waals surface area contributed by atoms with Crippen LogP contribution in [0.2, 0.25) is 5.02 Å². The highest BCUT2D eigenvalue weighted by atomic mass is 35.5. The van der Waals surface area contributed by atoms with Gasteiger partial charge in [-0.2, -0.15) is 0 Å². The number of hydrogen-bond acceptors (Lipinski definition) is 6. The molecule has 0 unspecified atom stereocenters. The molecule has 0 bridgehead atoms. The minimum absolute atomic E-state index is 0.0764. The Morgan fingerprint density at radius 3 is 2.33 bits per heavy atom. The van der Waals surface area contributed by atoms with Gasteiger partial charge in [0.15, 0.2) is 0 Å². The molecule has 0 radical (unpaired) electrons. The number of nitrogens with zero attached hydrogens (tertiary/aromatic N) is 4. The van der Waals surface area contributed by atoms with E-state index in [2.05, 4.69) is 4.90 Å². The lowest BCUT2D eigenvalue weighted by Gasteiger charge is -2.19. The van der Waals surface area contributed by atoms with Crippen molar-refractivity contribution < 1.29 is 14.5 Å². The van der Waals surface area contributed by atoms with Crippen molar-refractivity contribution in [3.63, 3.8) is 0 Å². The lowest BCUT2D eigenvalue weighted by molar-refractivity contribution is -0.384. The second-order valence-corrected chi connectivity index (χ2v) is 10.2. The summed E-state index contributed by atoms with van der Waals surface area (Å²) in [5.41, 5.74) is 4.29. The van der Waals surface area contributed by atoms with Crippen molar-refractivity contribution in [3.8, 4) is 5.69 Å². The summed E-state index contributed by atoms with van der Waals surface area (Å²) in [6.45, 7) is 5.43. The van der Waals surface area contributed by atoms with Crippen molar-refractivity contribution in [1.82, 2.24) is 4.57 Å². The Bertz CT molecular complexity index is 1420. The average Bonchev–Trinajstić information content (AvgIpc) is 3.54. The van der Waals surface area contributed by atoms with Crippen LogP contribution in [-0.4, -0.2) is 33.7 Å². The molecule has 2 aliphatic rings. The van der Waals surface area contributed by atoms with Gasteiger partial charge in [0, 0.05) is 35.6 Å². The van der Waals surface area contributed by atoms with Gasteiger partial charge in [-0.25, -0.2) is 4.90 Å². The number of hydrogen-bond donors (Lipinski definition) is 0. The summed E-state index contributed by atoms with van der Waals surface area (Å²) < 4.78 is 1.93. The lowest BCUT2D eigenvalue weighted by atomic mass is 10.2. The molecular formula is C26H23ClN4O4S. The summed E-state index contributed by atoms with van der Waals surface area (Å²) in [5.74, 6) is -0.400. The molecule has 0 atom stereocenters. The fraction of sp³-hybridized carbons (Fsp3) is 0.231. The van der Waals surface area contributed by atoms with Crippen molar-refractivity contribution in [3.05, 3.63) is 85.5 Å². The molecule has 2 amide bonds. The number of nitro groups is 1. The van der Waals surface area contributed by atoms with Crippen LogP contribution in [0.25, 0.3) is 11.8 Å². The van der Waals surface area contributed by atoms with E-state index < -0.39 is 5.91 Å². The van der Waals surface area contributed by atoms with E-state index in [1.54, 1.807) is 36.4 Å². The van der Waals surface area contributed by atoms with E-state index in [-0.39, 0.29) is 15.8 Å². The molecule has 2 aliphatic heterocycles. The van der Waals surface area contributed by atoms with Gasteiger partial charge in [0.2, 0.25) is 0 Å². The van der Waals surface area contributed by atoms with Gasteiger partial charge in [0.1, 0.15) is 5.69 Å². The number of anilines is 2. The van der Waals surface area contributed by atoms with Crippen LogP contribution in [0.15, 0.2) is 53.4 Å². The molecule has 36 heavy (non-hydrogen) atoms. The van der Waals surface area contributed by atoms with Gasteiger partial charge in [-0.15, -0.1) is 0 Å². The highest BCUT2D eigenvalue weighted by Gasteiger charge is 2.36. The third-order valence-corrected chi connectivity index (χ3v) is 7.62. The van der Waals surface area contributed by atoms with E-state index in [4.69, 9.17) is 11.6 Å². The molecule has 0 saturated carbocycles. The van der Waals surface area contributed by atoms with Crippen LogP contribution in [0.1, 0.15) is 29.8 Å². The summed E-state index contributed by atoms with van der Waals surface area (Å²) in [5, 5.41) is 12.0. The van der Waals surface area contributed by atoms with Gasteiger partial charge in [-0.1, -0.05) is 11.6 Å². The Morgan fingerprint density at radius 2 is 1.67 bits per heavy atom. The molecule has 0 aliphatic carbocycles. The number of halogens is 1. The molecule has 0 spiro atoms. The van der Waals surface area contributed by atoms with E-state index in [0.29, 0.717) is 27.0 Å². The monoisotopic (exact) mass is 522 g/mol. The second-order valence-electron chi connectivity index (χ2n) is 8.78. The highest BCUT2D eigenvalue weighted by Crippen LogP contribution is 2.38. The van der Waals surface area contributed by atoms with Gasteiger partial charge in [0.05, 0.1) is 21.2 Å². The summed E-state index contributed by atoms with van der Waals surface area (Å²) in [6.07, 6.45) is 3.76. The zero-order valence-electron chi connectivity index (χ0n) is 19.7. The Morgan fingerprint density at radius 1 is 1.00 bits per heavy atom.